The molecule has 3 saturated heterocycles. The second-order valence-corrected chi connectivity index (χ2v) is 11.2. The van der Waals surface area contributed by atoms with Crippen molar-refractivity contribution in [2.45, 2.75) is 118 Å². The molecule has 2 amide bonds. The SMILES string of the molecule is CC(=O)NC1C(O)OC(CO)C(OC2OC(CO)C(O)C(OC3(C(=O)O)CC(O)C(NC(C)=O)C([C@H](O)[C@H](O)CO)O3)C2O)C1O. The topological polar surface area (TPSA) is 344 Å². The molecule has 0 spiro atoms. The molecular formula is C25H42N2O19. The lowest BCUT2D eigenvalue weighted by atomic mass is 9.88. The highest BCUT2D eigenvalue weighted by Crippen LogP contribution is 2.38. The average molecular weight is 675 g/mol. The summed E-state index contributed by atoms with van der Waals surface area (Å²) in [5, 5.41) is 118. The second-order valence-electron chi connectivity index (χ2n) is 11.2. The van der Waals surface area contributed by atoms with Crippen molar-refractivity contribution in [3.63, 3.8) is 0 Å². The highest BCUT2D eigenvalue weighted by atomic mass is 16.8. The van der Waals surface area contributed by atoms with Crippen molar-refractivity contribution in [2.24, 2.45) is 0 Å². The van der Waals surface area contributed by atoms with Gasteiger partial charge in [-0.2, -0.15) is 0 Å². The van der Waals surface area contributed by atoms with Crippen molar-refractivity contribution in [1.29, 1.82) is 0 Å². The molecule has 46 heavy (non-hydrogen) atoms. The Morgan fingerprint density at radius 3 is 1.96 bits per heavy atom. The number of nitrogens with one attached hydrogen (secondary N) is 2. The van der Waals surface area contributed by atoms with E-state index >= 15 is 0 Å². The molecule has 0 aliphatic carbocycles. The molecule has 266 valence electrons. The number of aliphatic hydroxyl groups excluding tert-OH is 10. The Morgan fingerprint density at radius 1 is 0.848 bits per heavy atom. The minimum atomic E-state index is -3.04. The first-order valence-electron chi connectivity index (χ1n) is 14.2. The number of carbonyl (C=O) groups excluding carboxylic acids is 2. The fraction of sp³-hybridized carbons (Fsp3) is 0.880. The molecule has 0 saturated carbocycles. The zero-order valence-corrected chi connectivity index (χ0v) is 24.7. The van der Waals surface area contributed by atoms with Crippen LogP contribution in [-0.2, 0) is 38.1 Å². The summed E-state index contributed by atoms with van der Waals surface area (Å²) in [6.45, 7) is -0.789. The van der Waals surface area contributed by atoms with Gasteiger partial charge in [0.25, 0.3) is 5.79 Å². The largest absolute Gasteiger partial charge is 0.477 e. The highest BCUT2D eigenvalue weighted by Gasteiger charge is 2.60. The normalized spacial score (nSPS) is 42.9. The summed E-state index contributed by atoms with van der Waals surface area (Å²) < 4.78 is 27.4. The van der Waals surface area contributed by atoms with Crippen molar-refractivity contribution < 1.29 is 94.2 Å². The standard InChI is InChI=1S/C25H42N2O19/c1-7(31)26-13-9(33)3-25(24(40)41,45-20(13)15(35)10(34)4-28)46-21-16(36)11(5-29)43-23(18(21)38)44-19-12(6-30)42-22(39)14(17(19)37)27-8(2)32/h9-23,28-30,33-39H,3-6H2,1-2H3,(H,26,31)(H,27,32)(H,40,41)/t9?,10-,11?,12?,13?,14?,15-,16?,17?,18?,19?,20?,21?,22?,23?,25?/m1/s1. The van der Waals surface area contributed by atoms with Gasteiger partial charge in [-0.1, -0.05) is 0 Å². The lowest BCUT2D eigenvalue weighted by molar-refractivity contribution is -0.382. The van der Waals surface area contributed by atoms with E-state index in [0.29, 0.717) is 0 Å². The number of hydrogen-bond acceptors (Lipinski definition) is 18. The maximum absolute atomic E-state index is 12.6. The fourth-order valence-electron chi connectivity index (χ4n) is 5.57. The van der Waals surface area contributed by atoms with Crippen LogP contribution in [0.5, 0.6) is 0 Å². The van der Waals surface area contributed by atoms with Crippen LogP contribution < -0.4 is 10.6 Å². The third kappa shape index (κ3) is 8.08. The van der Waals surface area contributed by atoms with Gasteiger partial charge in [0.15, 0.2) is 12.6 Å². The Hall–Kier alpha value is -2.19. The summed E-state index contributed by atoms with van der Waals surface area (Å²) in [7, 11) is 0. The Balaban J connectivity index is 1.95. The Kier molecular flexibility index (Phi) is 13.1. The molecule has 0 aromatic heterocycles. The molecule has 3 rings (SSSR count). The summed E-state index contributed by atoms with van der Waals surface area (Å²) in [6, 6.07) is -3.05. The van der Waals surface area contributed by atoms with E-state index in [4.69, 9.17) is 23.7 Å². The predicted molar refractivity (Wildman–Crippen MR) is 142 cm³/mol. The second kappa shape index (κ2) is 15.8. The number of ether oxygens (including phenoxy) is 5. The number of carboxylic acids is 1. The molecule has 21 heteroatoms. The summed E-state index contributed by atoms with van der Waals surface area (Å²) in [5.74, 6) is -6.46. The lowest BCUT2D eigenvalue weighted by Gasteiger charge is -2.50. The van der Waals surface area contributed by atoms with Gasteiger partial charge in [0.2, 0.25) is 11.8 Å². The average Bonchev–Trinajstić information content (AvgIpc) is 2.99. The first-order valence-corrected chi connectivity index (χ1v) is 14.2. The minimum absolute atomic E-state index is 0.692. The van der Waals surface area contributed by atoms with Crippen LogP contribution in [0.2, 0.25) is 0 Å². The van der Waals surface area contributed by atoms with E-state index in [1.807, 2.05) is 0 Å². The summed E-state index contributed by atoms with van der Waals surface area (Å²) >= 11 is 0. The molecule has 0 bridgehead atoms. The number of aliphatic hydroxyl groups is 10. The van der Waals surface area contributed by atoms with Gasteiger partial charge in [-0.15, -0.1) is 0 Å². The van der Waals surface area contributed by atoms with Crippen LogP contribution >= 0.6 is 0 Å². The molecule has 0 radical (unpaired) electrons. The fourth-order valence-corrected chi connectivity index (χ4v) is 5.57. The summed E-state index contributed by atoms with van der Waals surface area (Å²) in [5.41, 5.74) is 0. The first-order chi connectivity index (χ1) is 21.5. The molecule has 16 atom stereocenters. The van der Waals surface area contributed by atoms with Crippen molar-refractivity contribution in [2.75, 3.05) is 19.8 Å². The lowest BCUT2D eigenvalue weighted by Crippen LogP contribution is -2.71. The maximum atomic E-state index is 12.6. The number of aliphatic carboxylic acids is 1. The van der Waals surface area contributed by atoms with Crippen molar-refractivity contribution >= 4 is 17.8 Å². The van der Waals surface area contributed by atoms with E-state index in [2.05, 4.69) is 10.6 Å². The summed E-state index contributed by atoms with van der Waals surface area (Å²) in [6.07, 6.45) is -25.7. The smallest absolute Gasteiger partial charge is 0.364 e. The monoisotopic (exact) mass is 674 g/mol. The zero-order chi connectivity index (χ0) is 34.7. The van der Waals surface area contributed by atoms with Gasteiger partial charge in [0, 0.05) is 20.3 Å². The number of rotatable bonds is 12. The van der Waals surface area contributed by atoms with E-state index in [9.17, 15) is 70.6 Å². The Labute approximate surface area is 260 Å². The van der Waals surface area contributed by atoms with Gasteiger partial charge < -0.3 is 90.5 Å². The summed E-state index contributed by atoms with van der Waals surface area (Å²) in [4.78, 5) is 36.0. The van der Waals surface area contributed by atoms with E-state index in [-0.39, 0.29) is 0 Å². The molecule has 3 aliphatic heterocycles. The van der Waals surface area contributed by atoms with Gasteiger partial charge >= 0.3 is 5.97 Å². The van der Waals surface area contributed by atoms with Crippen LogP contribution in [-0.4, -0.2) is 191 Å². The molecular weight excluding hydrogens is 632 g/mol. The van der Waals surface area contributed by atoms with Crippen molar-refractivity contribution in [3.05, 3.63) is 0 Å². The molecule has 0 aromatic rings. The van der Waals surface area contributed by atoms with Gasteiger partial charge in [-0.3, -0.25) is 9.59 Å². The van der Waals surface area contributed by atoms with Crippen LogP contribution in [0.1, 0.15) is 20.3 Å². The molecule has 3 fully saturated rings. The van der Waals surface area contributed by atoms with Gasteiger partial charge in [0.05, 0.1) is 32.0 Å². The Morgan fingerprint density at radius 2 is 1.43 bits per heavy atom. The first kappa shape index (κ1) is 38.3. The van der Waals surface area contributed by atoms with Gasteiger partial charge in [-0.25, -0.2) is 4.79 Å². The van der Waals surface area contributed by atoms with E-state index in [1.165, 1.54) is 0 Å². The number of carbonyl (C=O) groups is 3. The van der Waals surface area contributed by atoms with Crippen LogP contribution in [0, 0.1) is 0 Å². The highest BCUT2D eigenvalue weighted by molar-refractivity contribution is 5.76. The van der Waals surface area contributed by atoms with E-state index in [1.54, 1.807) is 0 Å². The quantitative estimate of drug-likeness (QED) is 0.0913. The predicted octanol–water partition coefficient (Wildman–Crippen LogP) is -8.08. The van der Waals surface area contributed by atoms with Gasteiger partial charge in [0.1, 0.15) is 67.1 Å². The molecule has 21 nitrogen and oxygen atoms in total. The van der Waals surface area contributed by atoms with E-state index < -0.39 is 142 Å². The van der Waals surface area contributed by atoms with Crippen LogP contribution in [0.25, 0.3) is 0 Å². The molecule has 13 N–H and O–H groups in total. The van der Waals surface area contributed by atoms with Crippen LogP contribution in [0.15, 0.2) is 0 Å². The number of carboxylic acid groups (broad SMARTS) is 1. The molecule has 3 heterocycles. The minimum Gasteiger partial charge on any atom is -0.477 e. The van der Waals surface area contributed by atoms with E-state index in [0.717, 1.165) is 13.8 Å². The molecule has 0 aromatic carbocycles. The molecule has 14 unspecified atom stereocenters. The van der Waals surface area contributed by atoms with Crippen molar-refractivity contribution in [1.82, 2.24) is 10.6 Å². The number of hydrogen-bond donors (Lipinski definition) is 13. The number of amides is 2. The molecule has 3 aliphatic rings. The maximum Gasteiger partial charge on any atom is 0.364 e. The van der Waals surface area contributed by atoms with Crippen molar-refractivity contribution in [3.8, 4) is 0 Å². The third-order valence-electron chi connectivity index (χ3n) is 7.87. The van der Waals surface area contributed by atoms with Crippen LogP contribution in [0.4, 0.5) is 0 Å². The zero-order valence-electron chi connectivity index (χ0n) is 24.7. The van der Waals surface area contributed by atoms with Crippen LogP contribution in [0.3, 0.4) is 0 Å². The third-order valence-corrected chi connectivity index (χ3v) is 7.87. The van der Waals surface area contributed by atoms with Gasteiger partial charge in [-0.05, 0) is 0 Å². The Bertz CT molecular complexity index is 1050.